The average molecular weight is 269 g/mol. The van der Waals surface area contributed by atoms with Crippen LogP contribution in [0.25, 0.3) is 0 Å². The largest absolute Gasteiger partial charge is 1.00 e. The molecule has 0 heterocycles. The standard InChI is InChI=1S/C10H20N2O4.ClH/c1-12(2,3)6-7-16-10(15)8(11)4-5-9(13)14;/h8H,4-7,11H2,1-3H3;1H. The summed E-state index contributed by atoms with van der Waals surface area (Å²) in [5.74, 6) is -1.50. The lowest BCUT2D eigenvalue weighted by molar-refractivity contribution is -0.870. The van der Waals surface area contributed by atoms with E-state index in [0.717, 1.165) is 0 Å². The molecule has 0 saturated carbocycles. The Kier molecular flexibility index (Phi) is 9.01. The quantitative estimate of drug-likeness (QED) is 0.368. The number of hydrogen-bond donors (Lipinski definition) is 2. The van der Waals surface area contributed by atoms with Gasteiger partial charge in [0.2, 0.25) is 0 Å². The van der Waals surface area contributed by atoms with Crippen molar-refractivity contribution in [3.05, 3.63) is 0 Å². The Balaban J connectivity index is 0. The van der Waals surface area contributed by atoms with Gasteiger partial charge in [-0.3, -0.25) is 9.59 Å². The number of rotatable bonds is 7. The number of quaternary nitrogens is 1. The van der Waals surface area contributed by atoms with Gasteiger partial charge in [-0.1, -0.05) is 0 Å². The van der Waals surface area contributed by atoms with Crippen molar-refractivity contribution < 1.29 is 36.3 Å². The number of carboxylic acid groups (broad SMARTS) is 1. The fourth-order valence-electron chi connectivity index (χ4n) is 0.924. The number of nitrogens with two attached hydrogens (primary N) is 1. The van der Waals surface area contributed by atoms with Crippen LogP contribution in [0, 0.1) is 0 Å². The number of carbonyl (C=O) groups excluding carboxylic acids is 1. The molecule has 6 nitrogen and oxygen atoms in total. The SMILES string of the molecule is C[N+](C)(C)CCOC(=O)C(N)CCC(=O)O.[Cl-]. The molecule has 102 valence electrons. The predicted octanol–water partition coefficient (Wildman–Crippen LogP) is -3.57. The molecule has 1 unspecified atom stereocenters. The molecule has 0 aliphatic rings. The van der Waals surface area contributed by atoms with Gasteiger partial charge in [0, 0.05) is 6.42 Å². The molecule has 0 aromatic rings. The van der Waals surface area contributed by atoms with Crippen LogP contribution in [0.15, 0.2) is 0 Å². The maximum Gasteiger partial charge on any atom is 0.323 e. The lowest BCUT2D eigenvalue weighted by atomic mass is 10.2. The molecule has 1 atom stereocenters. The van der Waals surface area contributed by atoms with Crippen molar-refractivity contribution in [3.8, 4) is 0 Å². The summed E-state index contributed by atoms with van der Waals surface area (Å²) in [6.45, 7) is 0.987. The second-order valence-corrected chi connectivity index (χ2v) is 4.72. The number of nitrogens with zero attached hydrogens (tertiary/aromatic N) is 1. The molecular formula is C10H21ClN2O4. The number of aliphatic carboxylic acids is 1. The van der Waals surface area contributed by atoms with Crippen LogP contribution in [-0.4, -0.2) is 61.9 Å². The van der Waals surface area contributed by atoms with Crippen LogP contribution in [0.4, 0.5) is 0 Å². The summed E-state index contributed by atoms with van der Waals surface area (Å²) in [5.41, 5.74) is 5.47. The van der Waals surface area contributed by atoms with Gasteiger partial charge in [-0.15, -0.1) is 0 Å². The molecule has 0 spiro atoms. The second-order valence-electron chi connectivity index (χ2n) is 4.72. The monoisotopic (exact) mass is 268 g/mol. The third-order valence-corrected chi connectivity index (χ3v) is 1.98. The van der Waals surface area contributed by atoms with Gasteiger partial charge in [0.25, 0.3) is 0 Å². The van der Waals surface area contributed by atoms with Crippen LogP contribution in [0.3, 0.4) is 0 Å². The second kappa shape index (κ2) is 8.27. The Labute approximate surface area is 108 Å². The Bertz CT molecular complexity index is 253. The lowest BCUT2D eigenvalue weighted by Gasteiger charge is -2.23. The number of likely N-dealkylation sites (N-methyl/N-ethyl adjacent to an activating group) is 1. The Morgan fingerprint density at radius 1 is 1.35 bits per heavy atom. The Hall–Kier alpha value is -0.850. The van der Waals surface area contributed by atoms with Gasteiger partial charge < -0.3 is 32.5 Å². The Morgan fingerprint density at radius 3 is 2.29 bits per heavy atom. The van der Waals surface area contributed by atoms with E-state index >= 15 is 0 Å². The highest BCUT2D eigenvalue weighted by atomic mass is 35.5. The molecule has 3 N–H and O–H groups in total. The zero-order valence-electron chi connectivity index (χ0n) is 10.5. The first-order valence-electron chi connectivity index (χ1n) is 5.17. The van der Waals surface area contributed by atoms with Gasteiger partial charge in [-0.05, 0) is 6.42 Å². The maximum atomic E-state index is 11.3. The van der Waals surface area contributed by atoms with E-state index < -0.39 is 18.0 Å². The number of halogens is 1. The predicted molar refractivity (Wildman–Crippen MR) is 58.7 cm³/mol. The zero-order valence-corrected chi connectivity index (χ0v) is 11.2. The van der Waals surface area contributed by atoms with Crippen LogP contribution < -0.4 is 18.1 Å². The summed E-state index contributed by atoms with van der Waals surface area (Å²) in [6.07, 6.45) is -0.00978. The molecule has 0 bridgehead atoms. The highest BCUT2D eigenvalue weighted by Gasteiger charge is 2.17. The minimum atomic E-state index is -0.963. The summed E-state index contributed by atoms with van der Waals surface area (Å²) in [6, 6.07) is -0.844. The van der Waals surface area contributed by atoms with E-state index in [1.165, 1.54) is 0 Å². The van der Waals surface area contributed by atoms with Gasteiger partial charge in [-0.25, -0.2) is 0 Å². The number of carbonyl (C=O) groups is 2. The van der Waals surface area contributed by atoms with Gasteiger partial charge in [0.15, 0.2) is 0 Å². The minimum Gasteiger partial charge on any atom is -1.00 e. The third-order valence-electron chi connectivity index (χ3n) is 1.98. The van der Waals surface area contributed by atoms with Crippen molar-refractivity contribution in [1.29, 1.82) is 0 Å². The van der Waals surface area contributed by atoms with Crippen molar-refractivity contribution >= 4 is 11.9 Å². The molecule has 0 saturated heterocycles. The maximum absolute atomic E-state index is 11.3. The molecule has 0 amide bonds. The summed E-state index contributed by atoms with van der Waals surface area (Å²) in [4.78, 5) is 21.6. The van der Waals surface area contributed by atoms with Crippen molar-refractivity contribution in [3.63, 3.8) is 0 Å². The van der Waals surface area contributed by atoms with E-state index in [1.54, 1.807) is 0 Å². The van der Waals surface area contributed by atoms with E-state index in [9.17, 15) is 9.59 Å². The Morgan fingerprint density at radius 2 is 1.88 bits per heavy atom. The summed E-state index contributed by atoms with van der Waals surface area (Å²) < 4.78 is 5.63. The van der Waals surface area contributed by atoms with Gasteiger partial charge >= 0.3 is 11.9 Å². The number of esters is 1. The minimum absolute atomic E-state index is 0. The van der Waals surface area contributed by atoms with E-state index in [2.05, 4.69) is 0 Å². The summed E-state index contributed by atoms with van der Waals surface area (Å²) >= 11 is 0. The van der Waals surface area contributed by atoms with Crippen LogP contribution in [0.5, 0.6) is 0 Å². The number of ether oxygens (including phenoxy) is 1. The van der Waals surface area contributed by atoms with Crippen LogP contribution >= 0.6 is 0 Å². The fourth-order valence-corrected chi connectivity index (χ4v) is 0.924. The fraction of sp³-hybridized carbons (Fsp3) is 0.800. The van der Waals surface area contributed by atoms with E-state index in [-0.39, 0.29) is 25.2 Å². The molecule has 0 rings (SSSR count). The van der Waals surface area contributed by atoms with Gasteiger partial charge in [0.1, 0.15) is 19.2 Å². The molecule has 7 heteroatoms. The highest BCUT2D eigenvalue weighted by molar-refractivity contribution is 5.76. The normalized spacial score (nSPS) is 12.5. The molecule has 0 aromatic heterocycles. The third kappa shape index (κ3) is 11.4. The molecule has 0 aromatic carbocycles. The number of carboxylic acids is 1. The van der Waals surface area contributed by atoms with Gasteiger partial charge in [-0.2, -0.15) is 0 Å². The van der Waals surface area contributed by atoms with Crippen LogP contribution in [-0.2, 0) is 14.3 Å². The van der Waals surface area contributed by atoms with E-state index in [0.29, 0.717) is 17.6 Å². The molecule has 0 aliphatic carbocycles. The van der Waals surface area contributed by atoms with Crippen LogP contribution in [0.2, 0.25) is 0 Å². The van der Waals surface area contributed by atoms with E-state index in [4.69, 9.17) is 15.6 Å². The van der Waals surface area contributed by atoms with Crippen molar-refractivity contribution in [1.82, 2.24) is 0 Å². The summed E-state index contributed by atoms with van der Waals surface area (Å²) in [5, 5.41) is 8.42. The van der Waals surface area contributed by atoms with Crippen LogP contribution in [0.1, 0.15) is 12.8 Å². The summed E-state index contributed by atoms with van der Waals surface area (Å²) in [7, 11) is 5.95. The lowest BCUT2D eigenvalue weighted by Crippen LogP contribution is -3.00. The van der Waals surface area contributed by atoms with Crippen molar-refractivity contribution in [2.45, 2.75) is 18.9 Å². The molecule has 0 aliphatic heterocycles. The first kappa shape index (κ1) is 18.5. The van der Waals surface area contributed by atoms with E-state index in [1.807, 2.05) is 21.1 Å². The van der Waals surface area contributed by atoms with Gasteiger partial charge in [0.05, 0.1) is 21.1 Å². The molecule has 0 fully saturated rings. The van der Waals surface area contributed by atoms with Crippen molar-refractivity contribution in [2.24, 2.45) is 5.73 Å². The zero-order chi connectivity index (χ0) is 12.8. The van der Waals surface area contributed by atoms with Crippen molar-refractivity contribution in [2.75, 3.05) is 34.3 Å². The highest BCUT2D eigenvalue weighted by Crippen LogP contribution is 1.98. The molecule has 0 radical (unpaired) electrons. The molecular weight excluding hydrogens is 248 g/mol. The first-order valence-corrected chi connectivity index (χ1v) is 5.17. The molecule has 17 heavy (non-hydrogen) atoms. The topological polar surface area (TPSA) is 89.6 Å². The number of hydrogen-bond acceptors (Lipinski definition) is 4. The average Bonchev–Trinajstić information content (AvgIpc) is 2.11. The smallest absolute Gasteiger partial charge is 0.323 e. The first-order chi connectivity index (χ1) is 7.22.